The Kier molecular flexibility index (Phi) is 7.94. The average molecular weight is 482 g/mol. The Morgan fingerprint density at radius 1 is 0.882 bits per heavy atom. The second-order valence-corrected chi connectivity index (χ2v) is 10.5. The Morgan fingerprint density at radius 2 is 1.50 bits per heavy atom. The maximum Gasteiger partial charge on any atom is 0.244 e. The number of amides is 2. The van der Waals surface area contributed by atoms with Gasteiger partial charge in [-0.05, 0) is 37.8 Å². The number of anilines is 1. The van der Waals surface area contributed by atoms with E-state index in [1.54, 1.807) is 19.1 Å². The molecule has 2 amide bonds. The molecule has 0 aliphatic carbocycles. The smallest absolute Gasteiger partial charge is 0.244 e. The van der Waals surface area contributed by atoms with E-state index in [0.29, 0.717) is 5.69 Å². The zero-order valence-corrected chi connectivity index (χ0v) is 20.7. The Morgan fingerprint density at radius 3 is 2.15 bits per heavy atom. The summed E-state index contributed by atoms with van der Waals surface area (Å²) in [5.41, 5.74) is 1.27. The molecule has 3 aromatic rings. The standard InChI is InChI=1S/C26H31N3O4S/c1-19(2)27-26(31)20(3)28(17-21-11-6-5-7-12-21)25(30)18-29(34(4,32)33)24-16-10-14-22-13-8-9-15-23(22)24/h5-16,19-20H,17-18H2,1-4H3,(H,27,31)/t20-/m0/s1. The van der Waals surface area contributed by atoms with Crippen molar-refractivity contribution in [1.29, 1.82) is 0 Å². The third-order valence-corrected chi connectivity index (χ3v) is 6.63. The van der Waals surface area contributed by atoms with Gasteiger partial charge in [0.25, 0.3) is 0 Å². The zero-order valence-electron chi connectivity index (χ0n) is 19.9. The van der Waals surface area contributed by atoms with Crippen molar-refractivity contribution in [1.82, 2.24) is 10.2 Å². The first-order chi connectivity index (χ1) is 16.1. The minimum Gasteiger partial charge on any atom is -0.352 e. The van der Waals surface area contributed by atoms with Crippen LogP contribution in [0.25, 0.3) is 10.8 Å². The van der Waals surface area contributed by atoms with Crippen LogP contribution in [-0.2, 0) is 26.2 Å². The summed E-state index contributed by atoms with van der Waals surface area (Å²) in [6.07, 6.45) is 1.08. The van der Waals surface area contributed by atoms with Gasteiger partial charge in [0.15, 0.2) is 0 Å². The van der Waals surface area contributed by atoms with Crippen molar-refractivity contribution in [3.63, 3.8) is 0 Å². The number of nitrogens with zero attached hydrogens (tertiary/aromatic N) is 2. The lowest BCUT2D eigenvalue weighted by molar-refractivity contribution is -0.139. The lowest BCUT2D eigenvalue weighted by Gasteiger charge is -2.32. The monoisotopic (exact) mass is 481 g/mol. The first-order valence-corrected chi connectivity index (χ1v) is 13.0. The molecule has 7 nitrogen and oxygen atoms in total. The molecule has 1 atom stereocenters. The van der Waals surface area contributed by atoms with E-state index in [1.807, 2.05) is 74.5 Å². The molecule has 0 spiro atoms. The predicted molar refractivity (Wildman–Crippen MR) is 136 cm³/mol. The molecule has 0 bridgehead atoms. The van der Waals surface area contributed by atoms with Crippen LogP contribution in [0.4, 0.5) is 5.69 Å². The Labute approximate surface area is 201 Å². The van der Waals surface area contributed by atoms with E-state index >= 15 is 0 Å². The molecule has 8 heteroatoms. The number of benzene rings is 3. The summed E-state index contributed by atoms with van der Waals surface area (Å²) >= 11 is 0. The van der Waals surface area contributed by atoms with Crippen LogP contribution < -0.4 is 9.62 Å². The second kappa shape index (κ2) is 10.7. The third-order valence-electron chi connectivity index (χ3n) is 5.51. The Balaban J connectivity index is 1.98. The summed E-state index contributed by atoms with van der Waals surface area (Å²) in [5.74, 6) is -0.760. The molecule has 0 saturated carbocycles. The topological polar surface area (TPSA) is 86.8 Å². The highest BCUT2D eigenvalue weighted by molar-refractivity contribution is 7.92. The van der Waals surface area contributed by atoms with Gasteiger partial charge in [-0.25, -0.2) is 8.42 Å². The number of nitrogens with one attached hydrogen (secondary N) is 1. The third kappa shape index (κ3) is 6.14. The number of sulfonamides is 1. The van der Waals surface area contributed by atoms with Crippen LogP contribution >= 0.6 is 0 Å². The minimum absolute atomic E-state index is 0.0909. The summed E-state index contributed by atoms with van der Waals surface area (Å²) in [6, 6.07) is 21.2. The highest BCUT2D eigenvalue weighted by atomic mass is 32.2. The highest BCUT2D eigenvalue weighted by Gasteiger charge is 2.30. The van der Waals surface area contributed by atoms with Crippen molar-refractivity contribution in [3.05, 3.63) is 78.4 Å². The molecule has 0 radical (unpaired) electrons. The van der Waals surface area contributed by atoms with Crippen molar-refractivity contribution < 1.29 is 18.0 Å². The van der Waals surface area contributed by atoms with Crippen LogP contribution in [0.2, 0.25) is 0 Å². The fraction of sp³-hybridized carbons (Fsp3) is 0.308. The molecule has 34 heavy (non-hydrogen) atoms. The molecule has 0 aromatic heterocycles. The van der Waals surface area contributed by atoms with Gasteiger partial charge in [0.1, 0.15) is 12.6 Å². The summed E-state index contributed by atoms with van der Waals surface area (Å²) in [4.78, 5) is 27.8. The summed E-state index contributed by atoms with van der Waals surface area (Å²) in [5, 5.41) is 4.43. The van der Waals surface area contributed by atoms with Gasteiger partial charge in [0.05, 0.1) is 11.9 Å². The lowest BCUT2D eigenvalue weighted by atomic mass is 10.1. The van der Waals surface area contributed by atoms with Crippen molar-refractivity contribution >= 4 is 38.3 Å². The van der Waals surface area contributed by atoms with Crippen molar-refractivity contribution in [2.45, 2.75) is 39.4 Å². The van der Waals surface area contributed by atoms with Crippen LogP contribution in [0.1, 0.15) is 26.3 Å². The number of rotatable bonds is 9. The van der Waals surface area contributed by atoms with E-state index in [2.05, 4.69) is 5.32 Å². The van der Waals surface area contributed by atoms with Gasteiger partial charge >= 0.3 is 0 Å². The molecular formula is C26H31N3O4S. The van der Waals surface area contributed by atoms with Crippen LogP contribution in [0.3, 0.4) is 0 Å². The second-order valence-electron chi connectivity index (χ2n) is 8.61. The van der Waals surface area contributed by atoms with Gasteiger partial charge < -0.3 is 10.2 Å². The largest absolute Gasteiger partial charge is 0.352 e. The van der Waals surface area contributed by atoms with Crippen LogP contribution in [0.15, 0.2) is 72.8 Å². The van der Waals surface area contributed by atoms with E-state index in [1.165, 1.54) is 4.90 Å². The first kappa shape index (κ1) is 25.2. The fourth-order valence-corrected chi connectivity index (χ4v) is 4.65. The molecule has 0 heterocycles. The summed E-state index contributed by atoms with van der Waals surface area (Å²) < 4.78 is 26.7. The molecule has 3 rings (SSSR count). The first-order valence-electron chi connectivity index (χ1n) is 11.2. The van der Waals surface area contributed by atoms with E-state index < -0.39 is 28.5 Å². The minimum atomic E-state index is -3.79. The van der Waals surface area contributed by atoms with Crippen LogP contribution in [0.5, 0.6) is 0 Å². The Bertz CT molecular complexity index is 1250. The highest BCUT2D eigenvalue weighted by Crippen LogP contribution is 2.28. The molecule has 0 aliphatic rings. The summed E-state index contributed by atoms with van der Waals surface area (Å²) in [7, 11) is -3.79. The van der Waals surface area contributed by atoms with Gasteiger partial charge in [0.2, 0.25) is 21.8 Å². The van der Waals surface area contributed by atoms with Crippen LogP contribution in [0, 0.1) is 0 Å². The maximum atomic E-state index is 13.6. The molecule has 3 aromatic carbocycles. The fourth-order valence-electron chi connectivity index (χ4n) is 3.79. The normalized spacial score (nSPS) is 12.4. The number of fused-ring (bicyclic) bond motifs is 1. The molecule has 180 valence electrons. The number of carbonyl (C=O) groups excluding carboxylic acids is 2. The zero-order chi connectivity index (χ0) is 24.9. The van der Waals surface area contributed by atoms with Gasteiger partial charge in [0, 0.05) is 18.0 Å². The lowest BCUT2D eigenvalue weighted by Crippen LogP contribution is -2.52. The van der Waals surface area contributed by atoms with Gasteiger partial charge in [-0.15, -0.1) is 0 Å². The van der Waals surface area contributed by atoms with Gasteiger partial charge in [-0.3, -0.25) is 13.9 Å². The molecule has 0 aliphatic heterocycles. The van der Waals surface area contributed by atoms with E-state index in [4.69, 9.17) is 0 Å². The van der Waals surface area contributed by atoms with E-state index in [-0.39, 0.29) is 18.5 Å². The van der Waals surface area contributed by atoms with Crippen LogP contribution in [-0.4, -0.2) is 50.0 Å². The van der Waals surface area contributed by atoms with Crippen molar-refractivity contribution in [2.75, 3.05) is 17.1 Å². The number of hydrogen-bond donors (Lipinski definition) is 1. The SMILES string of the molecule is CC(C)NC(=O)[C@H](C)N(Cc1ccccc1)C(=O)CN(c1cccc2ccccc12)S(C)(=O)=O. The van der Waals surface area contributed by atoms with Crippen molar-refractivity contribution in [2.24, 2.45) is 0 Å². The van der Waals surface area contributed by atoms with Gasteiger partial charge in [-0.2, -0.15) is 0 Å². The summed E-state index contributed by atoms with van der Waals surface area (Å²) in [6.45, 7) is 5.11. The molecule has 0 fully saturated rings. The quantitative estimate of drug-likeness (QED) is 0.506. The molecule has 0 unspecified atom stereocenters. The molecule has 1 N–H and O–H groups in total. The van der Waals surface area contributed by atoms with E-state index in [0.717, 1.165) is 26.9 Å². The van der Waals surface area contributed by atoms with Crippen molar-refractivity contribution in [3.8, 4) is 0 Å². The molecular weight excluding hydrogens is 450 g/mol. The predicted octanol–water partition coefficient (Wildman–Crippen LogP) is 3.55. The average Bonchev–Trinajstić information content (AvgIpc) is 2.79. The number of hydrogen-bond acceptors (Lipinski definition) is 4. The molecule has 0 saturated heterocycles. The Hall–Kier alpha value is -3.39. The number of carbonyl (C=O) groups is 2. The van der Waals surface area contributed by atoms with E-state index in [9.17, 15) is 18.0 Å². The maximum absolute atomic E-state index is 13.6. The van der Waals surface area contributed by atoms with Gasteiger partial charge in [-0.1, -0.05) is 66.7 Å².